The molecule has 0 aliphatic heterocycles. The first kappa shape index (κ1) is 36.1. The molecule has 2 N–H and O–H groups in total. The third-order valence-corrected chi connectivity index (χ3v) is 6.61. The van der Waals surface area contributed by atoms with Crippen LogP contribution >= 0.6 is 0 Å². The second-order valence-corrected chi connectivity index (χ2v) is 9.20. The van der Waals surface area contributed by atoms with E-state index in [0.29, 0.717) is 23.5 Å². The largest absolute Gasteiger partial charge is 0.388 e. The minimum absolute atomic E-state index is 0.194. The van der Waals surface area contributed by atoms with Gasteiger partial charge in [0.25, 0.3) is 0 Å². The number of nitrogens with one attached hydrogen (secondary N) is 2. The van der Waals surface area contributed by atoms with Gasteiger partial charge >= 0.3 is 0 Å². The molecule has 6 nitrogen and oxygen atoms in total. The second-order valence-electron chi connectivity index (χ2n) is 9.20. The highest BCUT2D eigenvalue weighted by atomic mass is 19.1. The number of carbonyl (C=O) groups excluding carboxylic acids is 1. The number of hydrogen-bond donors (Lipinski definition) is 2. The van der Waals surface area contributed by atoms with Crippen molar-refractivity contribution in [2.75, 3.05) is 32.0 Å². The number of benzene rings is 2. The minimum Gasteiger partial charge on any atom is -0.388 e. The quantitative estimate of drug-likeness (QED) is 0.212. The fourth-order valence-electron chi connectivity index (χ4n) is 4.22. The summed E-state index contributed by atoms with van der Waals surface area (Å²) in [7, 11) is 1.78. The molecule has 0 unspecified atom stereocenters. The zero-order chi connectivity index (χ0) is 31.7. The number of aryl methyl sites for hydroxylation is 1. The molecule has 1 heterocycles. The van der Waals surface area contributed by atoms with Gasteiger partial charge < -0.3 is 15.5 Å². The van der Waals surface area contributed by atoms with Crippen molar-refractivity contribution in [2.45, 2.75) is 61.3 Å². The highest BCUT2D eigenvalue weighted by Crippen LogP contribution is 2.33. The molecule has 3 aromatic rings. The van der Waals surface area contributed by atoms with E-state index in [9.17, 15) is 13.6 Å². The maximum atomic E-state index is 14.1. The van der Waals surface area contributed by atoms with E-state index in [1.165, 1.54) is 62.8 Å². The molecule has 0 radical (unpaired) electrons. The molecule has 0 aliphatic carbocycles. The van der Waals surface area contributed by atoms with Crippen molar-refractivity contribution < 1.29 is 13.6 Å². The molecule has 2 aromatic carbocycles. The van der Waals surface area contributed by atoms with Crippen molar-refractivity contribution in [1.82, 2.24) is 20.2 Å². The van der Waals surface area contributed by atoms with E-state index < -0.39 is 11.6 Å². The van der Waals surface area contributed by atoms with Crippen molar-refractivity contribution in [3.8, 4) is 11.3 Å². The maximum absolute atomic E-state index is 14.1. The third kappa shape index (κ3) is 10.2. The molecule has 42 heavy (non-hydrogen) atoms. The van der Waals surface area contributed by atoms with E-state index in [1.807, 2.05) is 39.0 Å². The average Bonchev–Trinajstić information content (AvgIpc) is 2.99. The predicted octanol–water partition coefficient (Wildman–Crippen LogP) is 8.12. The molecule has 1 amide bonds. The van der Waals surface area contributed by atoms with Crippen LogP contribution in [-0.2, 0) is 4.79 Å². The van der Waals surface area contributed by atoms with Gasteiger partial charge in [0, 0.05) is 35.0 Å². The number of hydrogen-bond acceptors (Lipinski definition) is 5. The summed E-state index contributed by atoms with van der Waals surface area (Å²) >= 11 is 0. The fraction of sp³-hybridized carbons (Fsp3) is 0.382. The Morgan fingerprint density at radius 2 is 1.55 bits per heavy atom. The Kier molecular flexibility index (Phi) is 16.6. The van der Waals surface area contributed by atoms with Gasteiger partial charge in [-0.05, 0) is 69.8 Å². The topological polar surface area (TPSA) is 70.1 Å². The van der Waals surface area contributed by atoms with Crippen LogP contribution in [0, 0.1) is 25.5 Å². The van der Waals surface area contributed by atoms with Gasteiger partial charge in [-0.3, -0.25) is 4.79 Å². The summed E-state index contributed by atoms with van der Waals surface area (Å²) < 4.78 is 28.2. The first-order valence-corrected chi connectivity index (χ1v) is 14.6. The Morgan fingerprint density at radius 3 is 2.10 bits per heavy atom. The van der Waals surface area contributed by atoms with Crippen molar-refractivity contribution in [2.24, 2.45) is 0 Å². The third-order valence-electron chi connectivity index (χ3n) is 6.61. The summed E-state index contributed by atoms with van der Waals surface area (Å²) in [5.41, 5.74) is 4.08. The number of anilines is 1. The van der Waals surface area contributed by atoms with E-state index in [1.54, 1.807) is 14.0 Å². The number of nitrogens with zero attached hydrogens (tertiary/aromatic N) is 3. The lowest BCUT2D eigenvalue weighted by molar-refractivity contribution is -0.105. The van der Waals surface area contributed by atoms with Crippen molar-refractivity contribution >= 4 is 30.1 Å². The van der Waals surface area contributed by atoms with Crippen LogP contribution in [0.15, 0.2) is 43.0 Å². The lowest BCUT2D eigenvalue weighted by atomic mass is 9.95. The molecule has 0 atom stereocenters. The molecule has 8 heteroatoms. The van der Waals surface area contributed by atoms with Gasteiger partial charge in [-0.2, -0.15) is 0 Å². The number of aromatic nitrogens is 2. The van der Waals surface area contributed by atoms with Crippen LogP contribution in [0.5, 0.6) is 0 Å². The summed E-state index contributed by atoms with van der Waals surface area (Å²) in [6.45, 7) is 22.0. The van der Waals surface area contributed by atoms with Gasteiger partial charge in [-0.15, -0.1) is 0 Å². The van der Waals surface area contributed by atoms with Crippen LogP contribution in [0.1, 0.15) is 75.5 Å². The SMILES string of the molecule is C=C(NC)c1cccc(-c2nc(C)nc(NC=O)c2/C=C\c2c(F)cccc2F)c1C.CC.CCCCN(CC)CC. The molecule has 0 bridgehead atoms. The molecule has 3 rings (SSSR count). The molecule has 1 aromatic heterocycles. The van der Waals surface area contributed by atoms with Crippen molar-refractivity contribution in [3.63, 3.8) is 0 Å². The van der Waals surface area contributed by atoms with Crippen molar-refractivity contribution in [1.29, 1.82) is 0 Å². The van der Waals surface area contributed by atoms with Crippen LogP contribution in [0.3, 0.4) is 0 Å². The highest BCUT2D eigenvalue weighted by Gasteiger charge is 2.17. The van der Waals surface area contributed by atoms with Crippen LogP contribution in [0.25, 0.3) is 29.1 Å². The van der Waals surface area contributed by atoms with Crippen LogP contribution in [0.4, 0.5) is 14.6 Å². The molecular formula is C34H47F2N5O. The van der Waals surface area contributed by atoms with E-state index in [-0.39, 0.29) is 11.4 Å². The summed E-state index contributed by atoms with van der Waals surface area (Å²) in [6.07, 6.45) is 5.97. The monoisotopic (exact) mass is 579 g/mol. The minimum atomic E-state index is -0.695. The van der Waals surface area contributed by atoms with Gasteiger partial charge in [0.2, 0.25) is 6.41 Å². The van der Waals surface area contributed by atoms with E-state index >= 15 is 0 Å². The summed E-state index contributed by atoms with van der Waals surface area (Å²) in [4.78, 5) is 22.5. The Labute approximate surface area is 251 Å². The van der Waals surface area contributed by atoms with Gasteiger partial charge in [0.1, 0.15) is 23.3 Å². The number of unbranched alkanes of at least 4 members (excludes halogenated alkanes) is 1. The van der Waals surface area contributed by atoms with Crippen LogP contribution < -0.4 is 10.6 Å². The summed E-state index contributed by atoms with van der Waals surface area (Å²) in [6, 6.07) is 9.34. The van der Waals surface area contributed by atoms with Gasteiger partial charge in [-0.25, -0.2) is 18.7 Å². The van der Waals surface area contributed by atoms with Crippen molar-refractivity contribution in [3.05, 3.63) is 82.7 Å². The van der Waals surface area contributed by atoms with Gasteiger partial charge in [0.05, 0.1) is 5.69 Å². The lowest BCUT2D eigenvalue weighted by Gasteiger charge is -2.16. The molecule has 228 valence electrons. The number of rotatable bonds is 12. The maximum Gasteiger partial charge on any atom is 0.212 e. The molecule has 0 fully saturated rings. The van der Waals surface area contributed by atoms with E-state index in [0.717, 1.165) is 22.4 Å². The summed E-state index contributed by atoms with van der Waals surface area (Å²) in [5.74, 6) is -0.716. The molecular weight excluding hydrogens is 532 g/mol. The van der Waals surface area contributed by atoms with E-state index in [2.05, 4.69) is 52.9 Å². The number of halogens is 2. The highest BCUT2D eigenvalue weighted by molar-refractivity contribution is 5.89. The van der Waals surface area contributed by atoms with Gasteiger partial charge in [0.15, 0.2) is 0 Å². The zero-order valence-corrected chi connectivity index (χ0v) is 26.4. The molecule has 0 saturated heterocycles. The lowest BCUT2D eigenvalue weighted by Crippen LogP contribution is -2.23. The normalized spacial score (nSPS) is 10.5. The average molecular weight is 580 g/mol. The first-order valence-electron chi connectivity index (χ1n) is 14.6. The van der Waals surface area contributed by atoms with Gasteiger partial charge in [-0.1, -0.05) is 71.9 Å². The smallest absolute Gasteiger partial charge is 0.212 e. The van der Waals surface area contributed by atoms with E-state index in [4.69, 9.17) is 0 Å². The zero-order valence-electron chi connectivity index (χ0n) is 26.4. The molecule has 0 saturated carbocycles. The Hall–Kier alpha value is -3.91. The van der Waals surface area contributed by atoms with Crippen LogP contribution in [-0.4, -0.2) is 48.0 Å². The molecule has 0 spiro atoms. The Balaban J connectivity index is 0.000000686. The molecule has 0 aliphatic rings. The second kappa shape index (κ2) is 19.3. The van der Waals surface area contributed by atoms with Crippen LogP contribution in [0.2, 0.25) is 0 Å². The fourth-order valence-corrected chi connectivity index (χ4v) is 4.22. The number of carbonyl (C=O) groups is 1. The Morgan fingerprint density at radius 1 is 0.952 bits per heavy atom. The predicted molar refractivity (Wildman–Crippen MR) is 174 cm³/mol. The standard InChI is InChI=1S/C24H22F2N4O.C8H19N.C2H6/c1-14-17(15(2)27-4)7-5-8-18(14)23-20(24(28-13-31)30-16(3)29-23)12-11-19-21(25)9-6-10-22(19)26;1-4-7-8-9(5-2)6-3;1-2/h5-13,27H,2H2,1,3-4H3,(H,28,29,30,31);4-8H2,1-3H3;1-2H3/b12-11-;;. The Bertz CT molecular complexity index is 1300. The first-order chi connectivity index (χ1) is 20.2. The number of amides is 1. The summed E-state index contributed by atoms with van der Waals surface area (Å²) in [5, 5.41) is 5.59.